The fraction of sp³-hybridized carbons (Fsp3) is 0.417. The van der Waals surface area contributed by atoms with E-state index < -0.39 is 0 Å². The number of rotatable bonds is 4. The van der Waals surface area contributed by atoms with Gasteiger partial charge in [0.2, 0.25) is 0 Å². The van der Waals surface area contributed by atoms with E-state index in [1.54, 1.807) is 6.07 Å². The molecule has 0 aliphatic carbocycles. The van der Waals surface area contributed by atoms with Crippen molar-refractivity contribution in [3.63, 3.8) is 0 Å². The van der Waals surface area contributed by atoms with Gasteiger partial charge in [0.1, 0.15) is 11.0 Å². The molecule has 1 aliphatic rings. The molecule has 2 rings (SSSR count). The van der Waals surface area contributed by atoms with Gasteiger partial charge < -0.3 is 15.2 Å². The number of nitrogens with two attached hydrogens (primary N) is 1. The molecular weight excluding hydrogens is 238 g/mol. The molecule has 1 saturated heterocycles. The van der Waals surface area contributed by atoms with Crippen molar-refractivity contribution in [2.75, 3.05) is 18.9 Å². The summed E-state index contributed by atoms with van der Waals surface area (Å²) in [4.78, 5) is 12.3. The number of hydrogen-bond acceptors (Lipinski definition) is 5. The molecule has 4 nitrogen and oxygen atoms in total. The van der Waals surface area contributed by atoms with E-state index in [9.17, 15) is 4.79 Å². The minimum absolute atomic E-state index is 0.144. The van der Waals surface area contributed by atoms with Crippen LogP contribution in [0.25, 0.3) is 0 Å². The van der Waals surface area contributed by atoms with E-state index in [0.717, 1.165) is 17.1 Å². The topological polar surface area (TPSA) is 61.6 Å². The molecule has 1 unspecified atom stereocenters. The average Bonchev–Trinajstić information content (AvgIpc) is 2.70. The van der Waals surface area contributed by atoms with Gasteiger partial charge in [-0.15, -0.1) is 11.8 Å². The molecule has 5 heteroatoms. The second kappa shape index (κ2) is 5.31. The summed E-state index contributed by atoms with van der Waals surface area (Å²) in [6.45, 7) is 3.04. The second-order valence-corrected chi connectivity index (χ2v) is 4.94. The molecule has 1 fully saturated rings. The van der Waals surface area contributed by atoms with Gasteiger partial charge in [-0.1, -0.05) is 0 Å². The van der Waals surface area contributed by atoms with Crippen molar-refractivity contribution in [1.29, 1.82) is 0 Å². The molecule has 92 valence electrons. The van der Waals surface area contributed by atoms with Crippen LogP contribution in [-0.2, 0) is 9.53 Å². The van der Waals surface area contributed by atoms with Crippen LogP contribution in [0, 0.1) is 0 Å². The van der Waals surface area contributed by atoms with Gasteiger partial charge in [0, 0.05) is 17.0 Å². The van der Waals surface area contributed by atoms with Gasteiger partial charge in [-0.2, -0.15) is 0 Å². The van der Waals surface area contributed by atoms with Crippen LogP contribution in [0.2, 0.25) is 0 Å². The monoisotopic (exact) mass is 253 g/mol. The lowest BCUT2D eigenvalue weighted by Gasteiger charge is -2.10. The first-order valence-corrected chi connectivity index (χ1v) is 6.44. The summed E-state index contributed by atoms with van der Waals surface area (Å²) < 4.78 is 10.3. The molecule has 1 atom stereocenters. The zero-order chi connectivity index (χ0) is 12.3. The molecule has 1 aromatic rings. The molecule has 0 bridgehead atoms. The quantitative estimate of drug-likeness (QED) is 0.657. The molecule has 0 spiro atoms. The Morgan fingerprint density at radius 1 is 1.59 bits per heavy atom. The van der Waals surface area contributed by atoms with Gasteiger partial charge in [-0.3, -0.25) is 4.79 Å². The Hall–Kier alpha value is -1.36. The maximum absolute atomic E-state index is 11.4. The highest BCUT2D eigenvalue weighted by Crippen LogP contribution is 2.35. The van der Waals surface area contributed by atoms with Gasteiger partial charge in [0.25, 0.3) is 0 Å². The van der Waals surface area contributed by atoms with Gasteiger partial charge in [0.15, 0.2) is 0 Å². The number of nitrogen functional groups attached to an aromatic ring is 1. The van der Waals surface area contributed by atoms with Crippen LogP contribution in [0.1, 0.15) is 13.3 Å². The highest BCUT2D eigenvalue weighted by molar-refractivity contribution is 8.00. The number of carbonyl (C=O) groups excluding carboxylic acids is 1. The predicted octanol–water partition coefficient (Wildman–Crippen LogP) is 2.08. The summed E-state index contributed by atoms with van der Waals surface area (Å²) in [5, 5.41) is -0.144. The molecule has 1 aromatic carbocycles. The van der Waals surface area contributed by atoms with Crippen molar-refractivity contribution < 1.29 is 14.3 Å². The fourth-order valence-electron chi connectivity index (χ4n) is 1.61. The number of carbonyl (C=O) groups is 1. The second-order valence-electron chi connectivity index (χ2n) is 3.70. The molecule has 17 heavy (non-hydrogen) atoms. The number of cyclic esters (lactones) is 1. The molecule has 1 heterocycles. The summed E-state index contributed by atoms with van der Waals surface area (Å²) in [5.74, 6) is 0.617. The number of benzene rings is 1. The summed E-state index contributed by atoms with van der Waals surface area (Å²) in [6, 6.07) is 5.50. The maximum Gasteiger partial charge on any atom is 0.319 e. The molecule has 1 aliphatic heterocycles. The first-order chi connectivity index (χ1) is 8.20. The largest absolute Gasteiger partial charge is 0.494 e. The first-order valence-electron chi connectivity index (χ1n) is 5.56. The van der Waals surface area contributed by atoms with Gasteiger partial charge in [0.05, 0.1) is 13.2 Å². The zero-order valence-electron chi connectivity index (χ0n) is 9.64. The highest BCUT2D eigenvalue weighted by atomic mass is 32.2. The number of anilines is 1. The number of esters is 1. The number of hydrogen-bond donors (Lipinski definition) is 1. The van der Waals surface area contributed by atoms with Crippen molar-refractivity contribution in [2.24, 2.45) is 0 Å². The summed E-state index contributed by atoms with van der Waals surface area (Å²) in [7, 11) is 0. The van der Waals surface area contributed by atoms with Crippen LogP contribution in [0.5, 0.6) is 5.75 Å². The van der Waals surface area contributed by atoms with Crippen LogP contribution < -0.4 is 10.5 Å². The van der Waals surface area contributed by atoms with Crippen LogP contribution in [-0.4, -0.2) is 24.4 Å². The molecular formula is C12H15NO3S. The lowest BCUT2D eigenvalue weighted by atomic mass is 10.3. The first kappa shape index (κ1) is 12.1. The molecule has 0 radical (unpaired) electrons. The van der Waals surface area contributed by atoms with E-state index in [1.807, 2.05) is 19.1 Å². The summed E-state index contributed by atoms with van der Waals surface area (Å²) in [6.07, 6.45) is 0.738. The minimum Gasteiger partial charge on any atom is -0.494 e. The molecule has 0 saturated carbocycles. The van der Waals surface area contributed by atoms with Crippen LogP contribution >= 0.6 is 11.8 Å². The summed E-state index contributed by atoms with van der Waals surface area (Å²) in [5.41, 5.74) is 6.55. The number of ether oxygens (including phenoxy) is 2. The minimum atomic E-state index is -0.156. The van der Waals surface area contributed by atoms with Crippen LogP contribution in [0.3, 0.4) is 0 Å². The van der Waals surface area contributed by atoms with E-state index in [2.05, 4.69) is 0 Å². The Morgan fingerprint density at radius 3 is 3.06 bits per heavy atom. The van der Waals surface area contributed by atoms with Crippen molar-refractivity contribution in [3.8, 4) is 5.75 Å². The third-order valence-electron chi connectivity index (χ3n) is 2.45. The average molecular weight is 253 g/mol. The van der Waals surface area contributed by atoms with E-state index in [4.69, 9.17) is 15.2 Å². The number of thioether (sulfide) groups is 1. The van der Waals surface area contributed by atoms with Crippen LogP contribution in [0.4, 0.5) is 5.69 Å². The predicted molar refractivity (Wildman–Crippen MR) is 67.2 cm³/mol. The Morgan fingerprint density at radius 2 is 2.41 bits per heavy atom. The van der Waals surface area contributed by atoms with Crippen molar-refractivity contribution in [2.45, 2.75) is 23.5 Å². The molecule has 0 aromatic heterocycles. The van der Waals surface area contributed by atoms with Gasteiger partial charge in [-0.05, 0) is 25.1 Å². The molecule has 0 amide bonds. The van der Waals surface area contributed by atoms with Crippen molar-refractivity contribution >= 4 is 23.4 Å². The Labute approximate surface area is 104 Å². The van der Waals surface area contributed by atoms with Crippen molar-refractivity contribution in [1.82, 2.24) is 0 Å². The maximum atomic E-state index is 11.4. The third kappa shape index (κ3) is 2.85. The Kier molecular flexibility index (Phi) is 3.78. The highest BCUT2D eigenvalue weighted by Gasteiger charge is 2.28. The third-order valence-corrected chi connectivity index (χ3v) is 3.77. The van der Waals surface area contributed by atoms with E-state index in [1.165, 1.54) is 11.8 Å². The standard InChI is InChI=1S/C12H15NO3S/c1-2-15-8-3-4-9(13)11(7-8)17-10-5-6-16-12(10)14/h3-4,7,10H,2,5-6,13H2,1H3. The molecule has 2 N–H and O–H groups in total. The van der Waals surface area contributed by atoms with E-state index >= 15 is 0 Å². The lowest BCUT2D eigenvalue weighted by molar-refractivity contribution is -0.137. The smallest absolute Gasteiger partial charge is 0.319 e. The Bertz CT molecular complexity index is 422. The summed E-state index contributed by atoms with van der Waals surface area (Å²) >= 11 is 1.45. The zero-order valence-corrected chi connectivity index (χ0v) is 10.5. The van der Waals surface area contributed by atoms with Gasteiger partial charge in [-0.25, -0.2) is 0 Å². The van der Waals surface area contributed by atoms with E-state index in [0.29, 0.717) is 18.9 Å². The lowest BCUT2D eigenvalue weighted by Crippen LogP contribution is -2.09. The Balaban J connectivity index is 2.13. The normalized spacial score (nSPS) is 19.1. The van der Waals surface area contributed by atoms with E-state index in [-0.39, 0.29) is 11.2 Å². The fourth-order valence-corrected chi connectivity index (χ4v) is 2.68. The van der Waals surface area contributed by atoms with Gasteiger partial charge >= 0.3 is 5.97 Å². The van der Waals surface area contributed by atoms with Crippen LogP contribution in [0.15, 0.2) is 23.1 Å². The SMILES string of the molecule is CCOc1ccc(N)c(SC2CCOC2=O)c1. The van der Waals surface area contributed by atoms with Crippen molar-refractivity contribution in [3.05, 3.63) is 18.2 Å².